The Morgan fingerprint density at radius 2 is 1.69 bits per heavy atom. The van der Waals surface area contributed by atoms with Crippen LogP contribution in [0.5, 0.6) is 0 Å². The number of rotatable bonds is 5. The largest absolute Gasteiger partial charge is 0.378 e. The highest BCUT2D eigenvalue weighted by molar-refractivity contribution is 5.84. The number of hydrogen-bond donors (Lipinski definition) is 1. The quantitative estimate of drug-likeness (QED) is 0.432. The van der Waals surface area contributed by atoms with Gasteiger partial charge in [-0.15, -0.1) is 0 Å². The second kappa shape index (κ2) is 10.0. The number of morpholine rings is 1. The van der Waals surface area contributed by atoms with Crippen molar-refractivity contribution in [3.63, 3.8) is 0 Å². The fourth-order valence-electron chi connectivity index (χ4n) is 4.75. The molecule has 2 aromatic carbocycles. The number of anilines is 4. The monoisotopic (exact) mass is 485 g/mol. The molecule has 0 spiro atoms. The number of hydrogen-bond acceptors (Lipinski definition) is 8. The van der Waals surface area contributed by atoms with Crippen LogP contribution in [0, 0.1) is 5.82 Å². The Labute approximate surface area is 209 Å². The molecular weight excluding hydrogens is 457 g/mol. The third-order valence-electron chi connectivity index (χ3n) is 6.73. The predicted octanol–water partition coefficient (Wildman–Crippen LogP) is 4.80. The van der Waals surface area contributed by atoms with Gasteiger partial charge >= 0.3 is 0 Å². The van der Waals surface area contributed by atoms with Crippen molar-refractivity contribution in [1.29, 1.82) is 0 Å². The molecule has 0 bridgehead atoms. The molecule has 2 aliphatic heterocycles. The van der Waals surface area contributed by atoms with Crippen LogP contribution < -0.4 is 15.1 Å². The maximum absolute atomic E-state index is 14.9. The van der Waals surface area contributed by atoms with Gasteiger partial charge in [0.1, 0.15) is 5.82 Å². The van der Waals surface area contributed by atoms with Gasteiger partial charge in [-0.25, -0.2) is 24.3 Å². The molecule has 0 saturated carbocycles. The molecular formula is C27H28FN7O. The zero-order valence-electron chi connectivity index (χ0n) is 20.0. The molecule has 9 heteroatoms. The average Bonchev–Trinajstić information content (AvgIpc) is 2.95. The van der Waals surface area contributed by atoms with E-state index in [1.807, 2.05) is 36.5 Å². The summed E-state index contributed by atoms with van der Waals surface area (Å²) in [5.41, 5.74) is 3.74. The minimum absolute atomic E-state index is 0.335. The average molecular weight is 486 g/mol. The zero-order chi connectivity index (χ0) is 24.3. The molecule has 0 atom stereocenters. The van der Waals surface area contributed by atoms with Gasteiger partial charge in [0.15, 0.2) is 0 Å². The molecule has 0 aliphatic carbocycles. The number of piperidine rings is 1. The molecule has 8 nitrogen and oxygen atoms in total. The molecule has 4 aromatic rings. The second-order valence-corrected chi connectivity index (χ2v) is 9.15. The minimum atomic E-state index is -0.347. The van der Waals surface area contributed by atoms with Crippen molar-refractivity contribution < 1.29 is 9.13 Å². The molecule has 0 amide bonds. The van der Waals surface area contributed by atoms with Gasteiger partial charge in [0, 0.05) is 55.2 Å². The lowest BCUT2D eigenvalue weighted by Gasteiger charge is -2.29. The van der Waals surface area contributed by atoms with Crippen LogP contribution in [-0.2, 0) is 4.74 Å². The first-order chi connectivity index (χ1) is 17.7. The van der Waals surface area contributed by atoms with Gasteiger partial charge in [0.05, 0.1) is 30.1 Å². The summed E-state index contributed by atoms with van der Waals surface area (Å²) in [6.07, 6.45) is 7.20. The van der Waals surface area contributed by atoms with Crippen LogP contribution >= 0.6 is 0 Å². The lowest BCUT2D eigenvalue weighted by molar-refractivity contribution is 0.122. The van der Waals surface area contributed by atoms with E-state index in [-0.39, 0.29) is 5.82 Å². The normalized spacial score (nSPS) is 16.4. The number of nitrogens with zero attached hydrogens (tertiary/aromatic N) is 6. The number of benzene rings is 2. The van der Waals surface area contributed by atoms with E-state index in [1.54, 1.807) is 18.3 Å². The molecule has 184 valence electrons. The van der Waals surface area contributed by atoms with E-state index < -0.39 is 0 Å². The molecule has 2 fully saturated rings. The lowest BCUT2D eigenvalue weighted by atomic mass is 10.1. The van der Waals surface area contributed by atoms with Crippen molar-refractivity contribution in [2.24, 2.45) is 0 Å². The number of ether oxygens (including phenoxy) is 1. The van der Waals surface area contributed by atoms with E-state index in [0.717, 1.165) is 60.0 Å². The molecule has 1 N–H and O–H groups in total. The summed E-state index contributed by atoms with van der Waals surface area (Å²) in [4.78, 5) is 22.7. The van der Waals surface area contributed by atoms with E-state index >= 15 is 0 Å². The summed E-state index contributed by atoms with van der Waals surface area (Å²) in [5.74, 6) is 0.785. The van der Waals surface area contributed by atoms with Crippen molar-refractivity contribution in [1.82, 2.24) is 19.9 Å². The van der Waals surface area contributed by atoms with Gasteiger partial charge in [0.25, 0.3) is 0 Å². The zero-order valence-corrected chi connectivity index (χ0v) is 20.0. The predicted molar refractivity (Wildman–Crippen MR) is 139 cm³/mol. The number of aromatic nitrogens is 4. The molecule has 0 unspecified atom stereocenters. The van der Waals surface area contributed by atoms with E-state index in [4.69, 9.17) is 9.72 Å². The smallest absolute Gasteiger partial charge is 0.227 e. The van der Waals surface area contributed by atoms with E-state index in [1.165, 1.54) is 19.3 Å². The number of nitrogens with one attached hydrogen (secondary N) is 1. The third-order valence-corrected chi connectivity index (χ3v) is 6.73. The Kier molecular flexibility index (Phi) is 6.29. The first-order valence-electron chi connectivity index (χ1n) is 12.5. The van der Waals surface area contributed by atoms with Gasteiger partial charge in [-0.05, 0) is 55.7 Å². The summed E-state index contributed by atoms with van der Waals surface area (Å²) in [6, 6.07) is 13.0. The number of halogens is 1. The Hall–Kier alpha value is -3.85. The van der Waals surface area contributed by atoms with Gasteiger partial charge in [0.2, 0.25) is 11.9 Å². The summed E-state index contributed by atoms with van der Waals surface area (Å²) < 4.78 is 20.2. The third kappa shape index (κ3) is 4.79. The number of fused-ring (bicyclic) bond motifs is 1. The van der Waals surface area contributed by atoms with E-state index in [9.17, 15) is 4.39 Å². The summed E-state index contributed by atoms with van der Waals surface area (Å²) in [7, 11) is 0. The Morgan fingerprint density at radius 1 is 0.833 bits per heavy atom. The molecule has 4 heterocycles. The Balaban J connectivity index is 1.21. The summed E-state index contributed by atoms with van der Waals surface area (Å²) >= 11 is 0. The van der Waals surface area contributed by atoms with Crippen molar-refractivity contribution in [3.8, 4) is 11.3 Å². The highest BCUT2D eigenvalue weighted by atomic mass is 19.1. The van der Waals surface area contributed by atoms with Gasteiger partial charge in [-0.3, -0.25) is 0 Å². The summed E-state index contributed by atoms with van der Waals surface area (Å²) in [6.45, 7) is 4.85. The van der Waals surface area contributed by atoms with Crippen LogP contribution in [0.3, 0.4) is 0 Å². The van der Waals surface area contributed by atoms with E-state index in [2.05, 4.69) is 30.1 Å². The summed E-state index contributed by atoms with van der Waals surface area (Å²) in [5, 5.41) is 3.97. The highest BCUT2D eigenvalue weighted by Crippen LogP contribution is 2.27. The Morgan fingerprint density at radius 3 is 2.53 bits per heavy atom. The van der Waals surface area contributed by atoms with Crippen molar-refractivity contribution >= 4 is 34.2 Å². The fourth-order valence-corrected chi connectivity index (χ4v) is 4.75. The van der Waals surface area contributed by atoms with Crippen LogP contribution in [0.1, 0.15) is 19.3 Å². The van der Waals surface area contributed by atoms with Crippen molar-refractivity contribution in [2.45, 2.75) is 19.3 Å². The standard InChI is InChI=1S/C27H28FN7O/c28-22-17-21(34-12-14-36-15-13-34)5-7-25(22)32-26-29-9-8-24(31-26)19-4-6-23-20(16-19)18-30-27(33-23)35-10-2-1-3-11-35/h4-9,16-18H,1-3,10-15H2,(H,29,31,32). The SMILES string of the molecule is Fc1cc(N2CCOCC2)ccc1Nc1nccc(-c2ccc3nc(N4CCCCC4)ncc3c2)n1. The lowest BCUT2D eigenvalue weighted by Crippen LogP contribution is -2.36. The Bertz CT molecular complexity index is 1370. The van der Waals surface area contributed by atoms with Crippen LogP contribution in [0.15, 0.2) is 54.9 Å². The van der Waals surface area contributed by atoms with Crippen LogP contribution in [-0.4, -0.2) is 59.3 Å². The second-order valence-electron chi connectivity index (χ2n) is 9.15. The van der Waals surface area contributed by atoms with Crippen molar-refractivity contribution in [2.75, 3.05) is 54.5 Å². The van der Waals surface area contributed by atoms with Crippen LogP contribution in [0.2, 0.25) is 0 Å². The maximum Gasteiger partial charge on any atom is 0.227 e. The van der Waals surface area contributed by atoms with E-state index in [0.29, 0.717) is 24.8 Å². The molecule has 2 aromatic heterocycles. The topological polar surface area (TPSA) is 79.3 Å². The van der Waals surface area contributed by atoms with Crippen LogP contribution in [0.4, 0.5) is 27.7 Å². The van der Waals surface area contributed by atoms with Crippen molar-refractivity contribution in [3.05, 3.63) is 60.7 Å². The molecule has 0 radical (unpaired) electrons. The molecule has 2 aliphatic rings. The first-order valence-corrected chi connectivity index (χ1v) is 12.5. The maximum atomic E-state index is 14.9. The van der Waals surface area contributed by atoms with Gasteiger partial charge < -0.3 is 19.9 Å². The first kappa shape index (κ1) is 22.6. The van der Waals surface area contributed by atoms with Crippen LogP contribution in [0.25, 0.3) is 22.2 Å². The van der Waals surface area contributed by atoms with Gasteiger partial charge in [-0.1, -0.05) is 6.07 Å². The molecule has 36 heavy (non-hydrogen) atoms. The molecule has 2 saturated heterocycles. The van der Waals surface area contributed by atoms with Gasteiger partial charge in [-0.2, -0.15) is 0 Å². The highest BCUT2D eigenvalue weighted by Gasteiger charge is 2.15. The fraction of sp³-hybridized carbons (Fsp3) is 0.333. The minimum Gasteiger partial charge on any atom is -0.378 e. The molecule has 6 rings (SSSR count).